The van der Waals surface area contributed by atoms with Crippen LogP contribution in [0.4, 0.5) is 0 Å². The predicted molar refractivity (Wildman–Crippen MR) is 90.5 cm³/mol. The van der Waals surface area contributed by atoms with E-state index in [0.717, 1.165) is 18.4 Å². The van der Waals surface area contributed by atoms with E-state index >= 15 is 0 Å². The van der Waals surface area contributed by atoms with Gasteiger partial charge in [0, 0.05) is 6.20 Å². The molecule has 1 aliphatic carbocycles. The molecule has 0 saturated heterocycles. The third kappa shape index (κ3) is 4.29. The molecular weight excluding hydrogens is 256 g/mol. The van der Waals surface area contributed by atoms with Crippen molar-refractivity contribution in [3.8, 4) is 0 Å². The molecule has 1 aromatic rings. The van der Waals surface area contributed by atoms with E-state index in [0.29, 0.717) is 6.04 Å². The largest absolute Gasteiger partial charge is 0.308 e. The Morgan fingerprint density at radius 2 is 2.10 bits per heavy atom. The molecule has 3 unspecified atom stereocenters. The van der Waals surface area contributed by atoms with Gasteiger partial charge in [-0.2, -0.15) is 0 Å². The lowest BCUT2D eigenvalue weighted by atomic mass is 9.75. The summed E-state index contributed by atoms with van der Waals surface area (Å²) in [6, 6.07) is 2.73. The first-order valence-electron chi connectivity index (χ1n) is 8.82. The number of hydrogen-bond acceptors (Lipinski definition) is 2. The fraction of sp³-hybridized carbons (Fsp3) is 0.737. The zero-order chi connectivity index (χ0) is 15.2. The smallest absolute Gasteiger partial charge is 0.0605 e. The second kappa shape index (κ2) is 7.93. The Kier molecular flexibility index (Phi) is 6.22. The number of aryl methyl sites for hydroxylation is 2. The van der Waals surface area contributed by atoms with Crippen molar-refractivity contribution < 1.29 is 0 Å². The highest BCUT2D eigenvalue weighted by Gasteiger charge is 2.30. The molecule has 1 saturated carbocycles. The minimum atomic E-state index is 0.444. The van der Waals surface area contributed by atoms with E-state index in [1.165, 1.54) is 55.3 Å². The van der Waals surface area contributed by atoms with E-state index in [-0.39, 0.29) is 0 Å². The Bertz CT molecular complexity index is 441. The minimum absolute atomic E-state index is 0.444. The number of rotatable bonds is 6. The fourth-order valence-corrected chi connectivity index (χ4v) is 3.84. The van der Waals surface area contributed by atoms with Crippen LogP contribution in [0, 0.1) is 25.7 Å². The minimum Gasteiger partial charge on any atom is -0.308 e. The molecule has 21 heavy (non-hydrogen) atoms. The third-order valence-corrected chi connectivity index (χ3v) is 5.04. The van der Waals surface area contributed by atoms with Crippen molar-refractivity contribution in [2.45, 2.75) is 72.3 Å². The van der Waals surface area contributed by atoms with Gasteiger partial charge in [0.1, 0.15) is 0 Å². The van der Waals surface area contributed by atoms with Crippen LogP contribution in [0.15, 0.2) is 12.3 Å². The van der Waals surface area contributed by atoms with Crippen LogP contribution < -0.4 is 5.32 Å². The van der Waals surface area contributed by atoms with Gasteiger partial charge < -0.3 is 5.32 Å². The molecule has 0 radical (unpaired) electrons. The number of hydrogen-bond donors (Lipinski definition) is 1. The summed E-state index contributed by atoms with van der Waals surface area (Å²) in [5, 5.41) is 3.80. The lowest BCUT2D eigenvalue weighted by Crippen LogP contribution is -2.33. The zero-order valence-corrected chi connectivity index (χ0v) is 14.3. The molecule has 1 fully saturated rings. The van der Waals surface area contributed by atoms with Crippen molar-refractivity contribution in [3.05, 3.63) is 29.1 Å². The van der Waals surface area contributed by atoms with Crippen molar-refractivity contribution in [1.29, 1.82) is 0 Å². The van der Waals surface area contributed by atoms with Gasteiger partial charge in [0.15, 0.2) is 0 Å². The summed E-state index contributed by atoms with van der Waals surface area (Å²) in [4.78, 5) is 4.79. The first-order valence-corrected chi connectivity index (χ1v) is 8.82. The molecular formula is C19H32N2. The molecule has 1 N–H and O–H groups in total. The highest BCUT2D eigenvalue weighted by molar-refractivity contribution is 5.26. The van der Waals surface area contributed by atoms with Gasteiger partial charge in [-0.25, -0.2) is 0 Å². The Morgan fingerprint density at radius 3 is 2.76 bits per heavy atom. The molecule has 1 aromatic heterocycles. The molecule has 0 bridgehead atoms. The lowest BCUT2D eigenvalue weighted by molar-refractivity contribution is 0.206. The predicted octanol–water partition coefficient (Wildman–Crippen LogP) is 4.96. The first kappa shape index (κ1) is 16.5. The normalized spacial score (nSPS) is 24.0. The van der Waals surface area contributed by atoms with Crippen LogP contribution in [0.1, 0.15) is 75.2 Å². The van der Waals surface area contributed by atoms with E-state index in [9.17, 15) is 0 Å². The van der Waals surface area contributed by atoms with Crippen LogP contribution >= 0.6 is 0 Å². The molecule has 0 aliphatic heterocycles. The Balaban J connectivity index is 2.20. The lowest BCUT2D eigenvalue weighted by Gasteiger charge is -2.35. The molecule has 0 amide bonds. The summed E-state index contributed by atoms with van der Waals surface area (Å²) in [5.41, 5.74) is 3.90. The summed E-state index contributed by atoms with van der Waals surface area (Å²) >= 11 is 0. The summed E-state index contributed by atoms with van der Waals surface area (Å²) in [5.74, 6) is 1.67. The standard InChI is InChI=1S/C19H32N2/c1-5-10-20-19(17-9-7-8-16(6-2)12-17)18-15(4)11-14(3)13-21-18/h11,13,16-17,19-20H,5-10,12H2,1-4H3. The summed E-state index contributed by atoms with van der Waals surface area (Å²) in [6.45, 7) is 10.0. The van der Waals surface area contributed by atoms with Gasteiger partial charge in [-0.05, 0) is 62.6 Å². The Morgan fingerprint density at radius 1 is 1.29 bits per heavy atom. The van der Waals surface area contributed by atoms with E-state index in [2.05, 4.69) is 39.1 Å². The maximum Gasteiger partial charge on any atom is 0.0605 e. The van der Waals surface area contributed by atoms with E-state index in [4.69, 9.17) is 4.98 Å². The van der Waals surface area contributed by atoms with E-state index in [1.54, 1.807) is 0 Å². The van der Waals surface area contributed by atoms with Gasteiger partial charge in [0.2, 0.25) is 0 Å². The average Bonchev–Trinajstić information content (AvgIpc) is 2.49. The topological polar surface area (TPSA) is 24.9 Å². The second-order valence-corrected chi connectivity index (χ2v) is 6.85. The monoisotopic (exact) mass is 288 g/mol. The van der Waals surface area contributed by atoms with Gasteiger partial charge in [0.25, 0.3) is 0 Å². The Labute approximate surface area is 130 Å². The van der Waals surface area contributed by atoms with Crippen molar-refractivity contribution in [1.82, 2.24) is 10.3 Å². The summed E-state index contributed by atoms with van der Waals surface area (Å²) in [7, 11) is 0. The maximum atomic E-state index is 4.79. The van der Waals surface area contributed by atoms with Crippen molar-refractivity contribution in [3.63, 3.8) is 0 Å². The molecule has 0 spiro atoms. The van der Waals surface area contributed by atoms with Gasteiger partial charge in [0.05, 0.1) is 11.7 Å². The molecule has 0 aromatic carbocycles. The van der Waals surface area contributed by atoms with Crippen molar-refractivity contribution in [2.75, 3.05) is 6.54 Å². The Hall–Kier alpha value is -0.890. The zero-order valence-electron chi connectivity index (χ0n) is 14.3. The average molecular weight is 288 g/mol. The quantitative estimate of drug-likeness (QED) is 0.800. The van der Waals surface area contributed by atoms with Crippen LogP contribution in [-0.2, 0) is 0 Å². The SMILES string of the molecule is CCCNC(c1ncc(C)cc1C)C1CCCC(CC)C1. The van der Waals surface area contributed by atoms with Crippen LogP contribution in [0.25, 0.3) is 0 Å². The highest BCUT2D eigenvalue weighted by Crippen LogP contribution is 2.38. The molecule has 2 heteroatoms. The second-order valence-electron chi connectivity index (χ2n) is 6.85. The highest BCUT2D eigenvalue weighted by atomic mass is 14.9. The van der Waals surface area contributed by atoms with Crippen LogP contribution in [-0.4, -0.2) is 11.5 Å². The maximum absolute atomic E-state index is 4.79. The molecule has 3 atom stereocenters. The van der Waals surface area contributed by atoms with Crippen LogP contribution in [0.5, 0.6) is 0 Å². The third-order valence-electron chi connectivity index (χ3n) is 5.04. The number of nitrogens with zero attached hydrogens (tertiary/aromatic N) is 1. The van der Waals surface area contributed by atoms with Crippen LogP contribution in [0.3, 0.4) is 0 Å². The molecule has 118 valence electrons. The first-order chi connectivity index (χ1) is 10.2. The molecule has 1 aliphatic rings. The molecule has 2 nitrogen and oxygen atoms in total. The number of nitrogens with one attached hydrogen (secondary N) is 1. The molecule has 1 heterocycles. The van der Waals surface area contributed by atoms with Crippen molar-refractivity contribution in [2.24, 2.45) is 11.8 Å². The fourth-order valence-electron chi connectivity index (χ4n) is 3.84. The van der Waals surface area contributed by atoms with Gasteiger partial charge in [-0.15, -0.1) is 0 Å². The molecule has 2 rings (SSSR count). The van der Waals surface area contributed by atoms with Gasteiger partial charge in [-0.3, -0.25) is 4.98 Å². The van der Waals surface area contributed by atoms with Crippen LogP contribution in [0.2, 0.25) is 0 Å². The summed E-state index contributed by atoms with van der Waals surface area (Å²) in [6.07, 6.45) is 10.1. The van der Waals surface area contributed by atoms with Crippen molar-refractivity contribution >= 4 is 0 Å². The van der Waals surface area contributed by atoms with Gasteiger partial charge in [-0.1, -0.05) is 39.2 Å². The number of pyridine rings is 1. The van der Waals surface area contributed by atoms with Gasteiger partial charge >= 0.3 is 0 Å². The van der Waals surface area contributed by atoms with E-state index in [1.807, 2.05) is 6.20 Å². The number of aromatic nitrogens is 1. The summed E-state index contributed by atoms with van der Waals surface area (Å²) < 4.78 is 0. The van der Waals surface area contributed by atoms with E-state index < -0.39 is 0 Å².